The first-order valence-corrected chi connectivity index (χ1v) is 11.7. The standard InChI is InChI=1S/C17H22N5O7PS/c1-10(15(24)25)21-30(27,29-11-5-3-2-4-6-11)28-8-13-12(23)7-14(31-13)22-9-19-16(18)20-17(22)26/h2-6,9-10,12-14,23H,7-8H2,1H3,(H,21,27)(H,24,25)(H2,18,20,26)/t10-,12-,13+,14+,30?/m0/s1. The van der Waals surface area contributed by atoms with Gasteiger partial charge in [-0.2, -0.15) is 10.1 Å². The molecule has 2 aromatic rings. The predicted molar refractivity (Wildman–Crippen MR) is 113 cm³/mol. The molecule has 1 aliphatic rings. The van der Waals surface area contributed by atoms with Crippen LogP contribution in [0, 0.1) is 0 Å². The maximum atomic E-state index is 13.2. The van der Waals surface area contributed by atoms with Crippen molar-refractivity contribution < 1.29 is 28.6 Å². The largest absolute Gasteiger partial charge is 0.480 e. The number of aliphatic carboxylic acids is 1. The van der Waals surface area contributed by atoms with Crippen molar-refractivity contribution in [2.75, 3.05) is 12.3 Å². The molecule has 0 spiro atoms. The maximum absolute atomic E-state index is 13.2. The van der Waals surface area contributed by atoms with Crippen LogP contribution in [0.15, 0.2) is 41.5 Å². The van der Waals surface area contributed by atoms with E-state index in [9.17, 15) is 19.3 Å². The average molecular weight is 471 g/mol. The Morgan fingerprint density at radius 3 is 2.81 bits per heavy atom. The van der Waals surface area contributed by atoms with Crippen LogP contribution in [0.3, 0.4) is 0 Å². The fourth-order valence-corrected chi connectivity index (χ4v) is 5.81. The summed E-state index contributed by atoms with van der Waals surface area (Å²) in [7, 11) is -4.10. The van der Waals surface area contributed by atoms with Gasteiger partial charge in [0, 0.05) is 6.42 Å². The van der Waals surface area contributed by atoms with Crippen molar-refractivity contribution in [3.63, 3.8) is 0 Å². The van der Waals surface area contributed by atoms with Crippen LogP contribution in [0.25, 0.3) is 0 Å². The van der Waals surface area contributed by atoms with Crippen molar-refractivity contribution in [1.82, 2.24) is 19.6 Å². The summed E-state index contributed by atoms with van der Waals surface area (Å²) in [5, 5.41) is 20.9. The molecule has 1 saturated heterocycles. The Bertz CT molecular complexity index is 1020. The number of aliphatic hydroxyl groups is 1. The zero-order chi connectivity index (χ0) is 22.6. The van der Waals surface area contributed by atoms with Gasteiger partial charge in [0.25, 0.3) is 0 Å². The molecule has 1 aromatic heterocycles. The highest BCUT2D eigenvalue weighted by molar-refractivity contribution is 8.00. The molecule has 5 N–H and O–H groups in total. The zero-order valence-corrected chi connectivity index (χ0v) is 18.1. The van der Waals surface area contributed by atoms with Crippen LogP contribution in [0.5, 0.6) is 5.75 Å². The molecular weight excluding hydrogens is 449 g/mol. The first kappa shape index (κ1) is 23.2. The summed E-state index contributed by atoms with van der Waals surface area (Å²) in [5.41, 5.74) is 4.79. The molecule has 3 rings (SSSR count). The smallest absolute Gasteiger partial charge is 0.459 e. The Balaban J connectivity index is 1.70. The fourth-order valence-electron chi connectivity index (χ4n) is 2.76. The minimum atomic E-state index is -4.10. The molecule has 1 aromatic carbocycles. The van der Waals surface area contributed by atoms with E-state index >= 15 is 0 Å². The lowest BCUT2D eigenvalue weighted by molar-refractivity contribution is -0.138. The third-order valence-corrected chi connectivity index (χ3v) is 7.54. The third-order valence-electron chi connectivity index (χ3n) is 4.36. The third kappa shape index (κ3) is 6.05. The topological polar surface area (TPSA) is 179 Å². The van der Waals surface area contributed by atoms with Crippen molar-refractivity contribution in [2.24, 2.45) is 0 Å². The van der Waals surface area contributed by atoms with Crippen LogP contribution in [0.4, 0.5) is 5.95 Å². The van der Waals surface area contributed by atoms with Crippen molar-refractivity contribution in [3.05, 3.63) is 47.1 Å². The average Bonchev–Trinajstić information content (AvgIpc) is 3.07. The van der Waals surface area contributed by atoms with Gasteiger partial charge in [-0.05, 0) is 19.1 Å². The minimum Gasteiger partial charge on any atom is -0.480 e. The molecule has 0 saturated carbocycles. The number of nitrogens with two attached hydrogens (primary N) is 1. The lowest BCUT2D eigenvalue weighted by Crippen LogP contribution is -2.34. The first-order chi connectivity index (χ1) is 14.7. The lowest BCUT2D eigenvalue weighted by Gasteiger charge is -2.23. The monoisotopic (exact) mass is 471 g/mol. The number of nitrogen functional groups attached to an aromatic ring is 1. The van der Waals surface area contributed by atoms with Gasteiger partial charge in [0.2, 0.25) is 5.95 Å². The maximum Gasteiger partial charge on any atom is 0.459 e. The zero-order valence-electron chi connectivity index (χ0n) is 16.4. The molecular formula is C17H22N5O7PS. The highest BCUT2D eigenvalue weighted by Crippen LogP contribution is 2.48. The van der Waals surface area contributed by atoms with E-state index in [0.717, 1.165) is 0 Å². The molecule has 1 unspecified atom stereocenters. The van der Waals surface area contributed by atoms with Gasteiger partial charge in [-0.25, -0.2) is 14.3 Å². The van der Waals surface area contributed by atoms with E-state index < -0.39 is 42.2 Å². The fraction of sp³-hybridized carbons (Fsp3) is 0.412. The van der Waals surface area contributed by atoms with Crippen molar-refractivity contribution in [2.45, 2.75) is 36.1 Å². The number of hydrogen-bond donors (Lipinski definition) is 4. The Labute approximate surface area is 181 Å². The van der Waals surface area contributed by atoms with Crippen LogP contribution in [-0.4, -0.2) is 54.7 Å². The van der Waals surface area contributed by atoms with E-state index in [1.807, 2.05) is 0 Å². The number of anilines is 1. The summed E-state index contributed by atoms with van der Waals surface area (Å²) >= 11 is 1.21. The van der Waals surface area contributed by atoms with Gasteiger partial charge in [0.05, 0.1) is 23.3 Å². The Morgan fingerprint density at radius 1 is 1.45 bits per heavy atom. The number of thioether (sulfide) groups is 1. The van der Waals surface area contributed by atoms with Crippen LogP contribution in [-0.2, 0) is 13.9 Å². The van der Waals surface area contributed by atoms with E-state index in [-0.39, 0.29) is 24.7 Å². The molecule has 0 aliphatic carbocycles. The molecule has 0 bridgehead atoms. The Morgan fingerprint density at radius 2 is 2.16 bits per heavy atom. The molecule has 168 valence electrons. The molecule has 1 fully saturated rings. The molecule has 14 heteroatoms. The second-order valence-corrected chi connectivity index (χ2v) is 9.84. The number of aromatic nitrogens is 3. The summed E-state index contributed by atoms with van der Waals surface area (Å²) < 4.78 is 25.4. The van der Waals surface area contributed by atoms with Crippen molar-refractivity contribution in [1.29, 1.82) is 0 Å². The highest BCUT2D eigenvalue weighted by atomic mass is 32.2. The van der Waals surface area contributed by atoms with Crippen LogP contribution in [0.1, 0.15) is 18.7 Å². The van der Waals surface area contributed by atoms with Gasteiger partial charge in [0.15, 0.2) is 0 Å². The molecule has 2 heterocycles. The Kier molecular flexibility index (Phi) is 7.34. The van der Waals surface area contributed by atoms with Gasteiger partial charge in [-0.15, -0.1) is 11.8 Å². The van der Waals surface area contributed by atoms with Gasteiger partial charge >= 0.3 is 19.4 Å². The highest BCUT2D eigenvalue weighted by Gasteiger charge is 2.39. The van der Waals surface area contributed by atoms with Crippen LogP contribution in [0.2, 0.25) is 0 Å². The predicted octanol–water partition coefficient (Wildman–Crippen LogP) is 0.852. The summed E-state index contributed by atoms with van der Waals surface area (Å²) in [6.45, 7) is 1.08. The second kappa shape index (κ2) is 9.79. The van der Waals surface area contributed by atoms with E-state index in [1.165, 1.54) is 29.6 Å². The lowest BCUT2D eigenvalue weighted by atomic mass is 10.2. The van der Waals surface area contributed by atoms with E-state index in [1.54, 1.807) is 30.3 Å². The number of carboxylic acid groups (broad SMARTS) is 1. The second-order valence-electron chi connectivity index (χ2n) is 6.72. The number of para-hydroxylation sites is 1. The van der Waals surface area contributed by atoms with Crippen LogP contribution >= 0.6 is 19.5 Å². The molecule has 1 aliphatic heterocycles. The number of benzene rings is 1. The molecule has 12 nitrogen and oxygen atoms in total. The molecule has 0 amide bonds. The summed E-state index contributed by atoms with van der Waals surface area (Å²) in [6.07, 6.45) is 0.563. The van der Waals surface area contributed by atoms with E-state index in [0.29, 0.717) is 0 Å². The van der Waals surface area contributed by atoms with Crippen molar-refractivity contribution >= 4 is 31.4 Å². The van der Waals surface area contributed by atoms with Gasteiger partial charge in [-0.1, -0.05) is 18.2 Å². The van der Waals surface area contributed by atoms with Gasteiger partial charge in [-0.3, -0.25) is 13.9 Å². The number of nitrogens with one attached hydrogen (secondary N) is 1. The van der Waals surface area contributed by atoms with Crippen molar-refractivity contribution in [3.8, 4) is 5.75 Å². The number of nitrogens with zero attached hydrogens (tertiary/aromatic N) is 3. The summed E-state index contributed by atoms with van der Waals surface area (Å²) in [5.74, 6) is -1.17. The summed E-state index contributed by atoms with van der Waals surface area (Å²) in [4.78, 5) is 30.6. The minimum absolute atomic E-state index is 0.151. The van der Waals surface area contributed by atoms with Crippen LogP contribution < -0.4 is 21.0 Å². The number of aliphatic hydroxyl groups excluding tert-OH is 1. The van der Waals surface area contributed by atoms with E-state index in [2.05, 4.69) is 15.1 Å². The van der Waals surface area contributed by atoms with Gasteiger partial charge in [0.1, 0.15) is 18.1 Å². The quantitative estimate of drug-likeness (QED) is 0.379. The number of hydrogen-bond acceptors (Lipinski definition) is 10. The first-order valence-electron chi connectivity index (χ1n) is 9.21. The number of carboxylic acids is 1. The van der Waals surface area contributed by atoms with E-state index in [4.69, 9.17) is 19.9 Å². The molecule has 31 heavy (non-hydrogen) atoms. The molecule has 5 atom stereocenters. The Hall–Kier alpha value is -2.44. The molecule has 0 radical (unpaired) electrons. The SMILES string of the molecule is C[C@H](NP(=O)(OC[C@H]1S[C@@H](n2cnc(N)nc2=O)C[C@@H]1O)Oc1ccccc1)C(=O)O. The normalized spacial score (nSPS) is 23.7. The number of carbonyl (C=O) groups is 1. The number of rotatable bonds is 9. The van der Waals surface area contributed by atoms with Gasteiger partial charge < -0.3 is 20.5 Å². The summed E-state index contributed by atoms with van der Waals surface area (Å²) in [6, 6.07) is 6.94.